The van der Waals surface area contributed by atoms with Crippen LogP contribution in [0.4, 0.5) is 0 Å². The van der Waals surface area contributed by atoms with Crippen molar-refractivity contribution in [1.29, 1.82) is 0 Å². The van der Waals surface area contributed by atoms with Gasteiger partial charge in [0.25, 0.3) is 11.8 Å². The zero-order chi connectivity index (χ0) is 15.1. The molecule has 110 valence electrons. The normalized spacial score (nSPS) is 21.6. The number of rotatable bonds is 2. The molecule has 0 aliphatic carbocycles. The molecular formula is C15H16N2O4. The molecule has 0 radical (unpaired) electrons. The van der Waals surface area contributed by atoms with Crippen LogP contribution in [0.2, 0.25) is 0 Å². The third kappa shape index (κ3) is 2.03. The second kappa shape index (κ2) is 4.80. The second-order valence-electron chi connectivity index (χ2n) is 5.18. The molecule has 2 aliphatic heterocycles. The Bertz CT molecular complexity index is 686. The quantitative estimate of drug-likeness (QED) is 0.819. The number of nitrogens with zero attached hydrogens (tertiary/aromatic N) is 1. The number of piperidine rings is 1. The Labute approximate surface area is 122 Å². The number of fused-ring (bicyclic) bond motifs is 1. The van der Waals surface area contributed by atoms with Crippen LogP contribution in [0, 0.1) is 0 Å². The lowest BCUT2D eigenvalue weighted by atomic mass is 10.0. The van der Waals surface area contributed by atoms with E-state index in [2.05, 4.69) is 5.32 Å². The Balaban J connectivity index is 0.00000176. The fraction of sp³-hybridized carbons (Fsp3) is 0.333. The first kappa shape index (κ1) is 13.5. The Hall–Kier alpha value is -2.50. The molecule has 2 aliphatic rings. The highest BCUT2D eigenvalue weighted by atomic mass is 16.2. The number of benzene rings is 1. The summed E-state index contributed by atoms with van der Waals surface area (Å²) in [4.78, 5) is 48.9. The standard InChI is InChI=1S/C15H14N2O4.H2/c1-2-8-3-4-9-10(7-8)15(21)17(14(9)20)11-5-6-12(18)16-13(11)19;/h3-4,7,11H,2,5-6H2,1H3,(H,16,18,19);1H. The highest BCUT2D eigenvalue weighted by Crippen LogP contribution is 2.28. The van der Waals surface area contributed by atoms with Gasteiger partial charge in [-0.05, 0) is 30.5 Å². The maximum atomic E-state index is 12.4. The number of amides is 4. The zero-order valence-corrected chi connectivity index (χ0v) is 11.5. The molecule has 2 heterocycles. The molecule has 6 heteroatoms. The van der Waals surface area contributed by atoms with Gasteiger partial charge >= 0.3 is 0 Å². The summed E-state index contributed by atoms with van der Waals surface area (Å²) in [7, 11) is 0. The second-order valence-corrected chi connectivity index (χ2v) is 5.18. The van der Waals surface area contributed by atoms with Crippen molar-refractivity contribution in [2.75, 3.05) is 0 Å². The molecule has 4 amide bonds. The molecule has 1 aromatic carbocycles. The molecule has 6 nitrogen and oxygen atoms in total. The van der Waals surface area contributed by atoms with Crippen LogP contribution in [0.1, 0.15) is 47.5 Å². The zero-order valence-electron chi connectivity index (χ0n) is 11.5. The Kier molecular flexibility index (Phi) is 3.08. The van der Waals surface area contributed by atoms with Gasteiger partial charge in [-0.15, -0.1) is 0 Å². The lowest BCUT2D eigenvalue weighted by molar-refractivity contribution is -0.136. The third-order valence-electron chi connectivity index (χ3n) is 3.91. The van der Waals surface area contributed by atoms with Crippen molar-refractivity contribution in [3.63, 3.8) is 0 Å². The molecule has 21 heavy (non-hydrogen) atoms. The summed E-state index contributed by atoms with van der Waals surface area (Å²) in [5.41, 5.74) is 1.62. The van der Waals surface area contributed by atoms with Crippen LogP contribution >= 0.6 is 0 Å². The Morgan fingerprint density at radius 3 is 2.57 bits per heavy atom. The van der Waals surface area contributed by atoms with Crippen molar-refractivity contribution in [1.82, 2.24) is 10.2 Å². The fourth-order valence-electron chi connectivity index (χ4n) is 2.74. The van der Waals surface area contributed by atoms with E-state index in [1.165, 1.54) is 0 Å². The highest BCUT2D eigenvalue weighted by Gasteiger charge is 2.44. The molecule has 0 saturated carbocycles. The molecule has 0 spiro atoms. The van der Waals surface area contributed by atoms with Gasteiger partial charge in [-0.2, -0.15) is 0 Å². The summed E-state index contributed by atoms with van der Waals surface area (Å²) in [6.45, 7) is 1.96. The van der Waals surface area contributed by atoms with Gasteiger partial charge in [-0.25, -0.2) is 0 Å². The van der Waals surface area contributed by atoms with Crippen LogP contribution in [-0.2, 0) is 16.0 Å². The van der Waals surface area contributed by atoms with Gasteiger partial charge in [0.2, 0.25) is 11.8 Å². The van der Waals surface area contributed by atoms with Gasteiger partial charge in [0.1, 0.15) is 6.04 Å². The number of imide groups is 2. The van der Waals surface area contributed by atoms with E-state index in [1.807, 2.05) is 6.92 Å². The third-order valence-corrected chi connectivity index (χ3v) is 3.91. The van der Waals surface area contributed by atoms with E-state index in [4.69, 9.17) is 0 Å². The SMILES string of the molecule is CCc1ccc2c(c1)C(=O)N(C1CCC(=O)NC1=O)C2=O.[HH]. The van der Waals surface area contributed by atoms with Crippen molar-refractivity contribution in [3.05, 3.63) is 34.9 Å². The minimum atomic E-state index is -0.903. The van der Waals surface area contributed by atoms with E-state index in [1.54, 1.807) is 18.2 Å². The Morgan fingerprint density at radius 1 is 1.19 bits per heavy atom. The van der Waals surface area contributed by atoms with Crippen molar-refractivity contribution >= 4 is 23.6 Å². The molecule has 1 N–H and O–H groups in total. The Morgan fingerprint density at radius 2 is 1.90 bits per heavy atom. The molecule has 1 saturated heterocycles. The van der Waals surface area contributed by atoms with E-state index in [9.17, 15) is 19.2 Å². The first-order chi connectivity index (χ1) is 10.0. The van der Waals surface area contributed by atoms with Crippen LogP contribution in [0.25, 0.3) is 0 Å². The topological polar surface area (TPSA) is 83.6 Å². The van der Waals surface area contributed by atoms with Gasteiger partial charge in [-0.1, -0.05) is 13.0 Å². The van der Waals surface area contributed by atoms with E-state index >= 15 is 0 Å². The summed E-state index contributed by atoms with van der Waals surface area (Å²) >= 11 is 0. The molecule has 0 aromatic heterocycles. The number of aryl methyl sites for hydroxylation is 1. The van der Waals surface area contributed by atoms with E-state index in [-0.39, 0.29) is 20.2 Å². The smallest absolute Gasteiger partial charge is 0.262 e. The van der Waals surface area contributed by atoms with Gasteiger partial charge in [0.15, 0.2) is 0 Å². The minimum Gasteiger partial charge on any atom is -0.295 e. The average molecular weight is 288 g/mol. The predicted octanol–water partition coefficient (Wildman–Crippen LogP) is 0.896. The molecule has 3 rings (SSSR count). The van der Waals surface area contributed by atoms with Crippen molar-refractivity contribution < 1.29 is 20.6 Å². The van der Waals surface area contributed by atoms with E-state index in [0.717, 1.165) is 16.9 Å². The van der Waals surface area contributed by atoms with E-state index in [0.29, 0.717) is 11.1 Å². The van der Waals surface area contributed by atoms with Crippen molar-refractivity contribution in [3.8, 4) is 0 Å². The average Bonchev–Trinajstić information content (AvgIpc) is 2.71. The minimum absolute atomic E-state index is 0. The summed E-state index contributed by atoms with van der Waals surface area (Å²) < 4.78 is 0. The van der Waals surface area contributed by atoms with Gasteiger partial charge < -0.3 is 0 Å². The fourth-order valence-corrected chi connectivity index (χ4v) is 2.74. The van der Waals surface area contributed by atoms with Crippen LogP contribution < -0.4 is 5.32 Å². The van der Waals surface area contributed by atoms with Crippen LogP contribution in [0.15, 0.2) is 18.2 Å². The molecule has 1 atom stereocenters. The van der Waals surface area contributed by atoms with Gasteiger partial charge in [0, 0.05) is 7.85 Å². The number of carbonyl (C=O) groups is 4. The summed E-state index contributed by atoms with van der Waals surface area (Å²) in [5, 5.41) is 2.17. The van der Waals surface area contributed by atoms with Crippen molar-refractivity contribution in [2.45, 2.75) is 32.2 Å². The van der Waals surface area contributed by atoms with Crippen molar-refractivity contribution in [2.24, 2.45) is 0 Å². The summed E-state index contributed by atoms with van der Waals surface area (Å²) in [6, 6.07) is 4.22. The maximum Gasteiger partial charge on any atom is 0.262 e. The number of carbonyl (C=O) groups excluding carboxylic acids is 4. The molecule has 0 bridgehead atoms. The van der Waals surface area contributed by atoms with E-state index < -0.39 is 23.8 Å². The lowest BCUT2D eigenvalue weighted by Crippen LogP contribution is -2.54. The molecule has 1 aromatic rings. The highest BCUT2D eigenvalue weighted by molar-refractivity contribution is 6.23. The molecule has 1 unspecified atom stereocenters. The van der Waals surface area contributed by atoms with Crippen LogP contribution in [0.5, 0.6) is 0 Å². The first-order valence-corrected chi connectivity index (χ1v) is 6.87. The first-order valence-electron chi connectivity index (χ1n) is 6.87. The van der Waals surface area contributed by atoms with Gasteiger partial charge in [-0.3, -0.25) is 29.4 Å². The number of hydrogen-bond acceptors (Lipinski definition) is 4. The molecular weight excluding hydrogens is 272 g/mol. The maximum absolute atomic E-state index is 12.4. The summed E-state index contributed by atoms with van der Waals surface area (Å²) in [6.07, 6.45) is 1.06. The number of nitrogens with one attached hydrogen (secondary N) is 1. The van der Waals surface area contributed by atoms with Gasteiger partial charge in [0.05, 0.1) is 11.1 Å². The lowest BCUT2D eigenvalue weighted by Gasteiger charge is -2.27. The number of hydrogen-bond donors (Lipinski definition) is 1. The largest absolute Gasteiger partial charge is 0.295 e. The van der Waals surface area contributed by atoms with Crippen LogP contribution in [0.3, 0.4) is 0 Å². The predicted molar refractivity (Wildman–Crippen MR) is 74.6 cm³/mol. The van der Waals surface area contributed by atoms with Crippen LogP contribution in [-0.4, -0.2) is 34.6 Å². The monoisotopic (exact) mass is 288 g/mol. The molecule has 1 fully saturated rings. The summed E-state index contributed by atoms with van der Waals surface area (Å²) in [5.74, 6) is -1.88.